The van der Waals surface area contributed by atoms with E-state index in [0.717, 1.165) is 26.6 Å². The summed E-state index contributed by atoms with van der Waals surface area (Å²) >= 11 is 0. The van der Waals surface area contributed by atoms with Crippen LogP contribution in [0.4, 0.5) is 17.1 Å². The van der Waals surface area contributed by atoms with Crippen molar-refractivity contribution in [2.75, 3.05) is 4.90 Å². The van der Waals surface area contributed by atoms with Gasteiger partial charge in [0.05, 0.1) is 23.3 Å². The number of fused-ring (bicyclic) bond motifs is 2. The second-order valence-electron chi connectivity index (χ2n) is 11.7. The summed E-state index contributed by atoms with van der Waals surface area (Å²) in [6.45, 7) is 0. The van der Waals surface area contributed by atoms with E-state index < -0.39 is 136 Å². The van der Waals surface area contributed by atoms with Crippen LogP contribution in [-0.2, 0) is 0 Å². The third-order valence-corrected chi connectivity index (χ3v) is 8.54. The summed E-state index contributed by atoms with van der Waals surface area (Å²) < 4.78 is 153. The Labute approximate surface area is 323 Å². The van der Waals surface area contributed by atoms with E-state index >= 15 is 0 Å². The van der Waals surface area contributed by atoms with Crippen LogP contribution >= 0.6 is 0 Å². The second kappa shape index (κ2) is 13.3. The maximum absolute atomic E-state index is 9.56. The average molecular weight is 667 g/mol. The molecule has 0 radical (unpaired) electrons. The zero-order valence-electron chi connectivity index (χ0n) is 43.8. The number of hydrogen-bond acceptors (Lipinski definition) is 1. The van der Waals surface area contributed by atoms with Crippen LogP contribution in [0.5, 0.6) is 0 Å². The number of benzene rings is 9. The number of nitrogens with zero attached hydrogens (tertiary/aromatic N) is 1. The lowest BCUT2D eigenvalue weighted by molar-refractivity contribution is 1.28. The minimum Gasteiger partial charge on any atom is -0.310 e. The third-order valence-electron chi connectivity index (χ3n) is 8.54. The predicted molar refractivity (Wildman–Crippen MR) is 218 cm³/mol. The van der Waals surface area contributed by atoms with Crippen molar-refractivity contribution >= 4 is 38.6 Å². The number of rotatable bonds is 7. The first-order valence-electron chi connectivity index (χ1n) is 24.6. The van der Waals surface area contributed by atoms with Gasteiger partial charge in [-0.15, -0.1) is 0 Å². The van der Waals surface area contributed by atoms with Gasteiger partial charge in [0.1, 0.15) is 0 Å². The van der Waals surface area contributed by atoms with Gasteiger partial charge in [-0.3, -0.25) is 0 Å². The standard InChI is InChI=1S/C50H35N/c1-2-10-36(11-3-1)38-20-22-39(23-21-38)40-26-30-46(31-27-40)51(47-32-28-42(29-33-47)50-19-9-15-41-13-6-7-18-49(41)50)48-17-8-16-44(35-48)45-25-24-37-12-4-5-14-43(37)34-45/h1-35H/i1D,2D,3D,10D,11D,20D,21D,22D,23D,26D,27D,28D,29D,30D,31D,32D,33D. The Bertz CT molecular complexity index is 3510. The summed E-state index contributed by atoms with van der Waals surface area (Å²) in [5.74, 6) is 0. The smallest absolute Gasteiger partial charge is 0.0645 e. The zero-order chi connectivity index (χ0) is 48.8. The molecule has 0 N–H and O–H groups in total. The zero-order valence-corrected chi connectivity index (χ0v) is 26.8. The Morgan fingerprint density at radius 1 is 0.314 bits per heavy atom. The maximum Gasteiger partial charge on any atom is 0.0645 e. The van der Waals surface area contributed by atoms with Crippen molar-refractivity contribution in [2.24, 2.45) is 0 Å². The summed E-state index contributed by atoms with van der Waals surface area (Å²) in [6, 6.07) is 20.3. The highest BCUT2D eigenvalue weighted by Gasteiger charge is 2.15. The first-order chi connectivity index (χ1) is 32.4. The van der Waals surface area contributed by atoms with Crippen molar-refractivity contribution in [1.29, 1.82) is 0 Å². The third kappa shape index (κ3) is 6.07. The molecule has 51 heavy (non-hydrogen) atoms. The van der Waals surface area contributed by atoms with Crippen molar-refractivity contribution in [1.82, 2.24) is 0 Å². The van der Waals surface area contributed by atoms with Crippen LogP contribution in [0.25, 0.3) is 66.1 Å². The van der Waals surface area contributed by atoms with Crippen LogP contribution in [0.3, 0.4) is 0 Å². The van der Waals surface area contributed by atoms with Gasteiger partial charge in [-0.05, 0) is 108 Å². The van der Waals surface area contributed by atoms with Gasteiger partial charge >= 0.3 is 0 Å². The van der Waals surface area contributed by atoms with E-state index in [1.807, 2.05) is 66.7 Å². The summed E-state index contributed by atoms with van der Waals surface area (Å²) in [4.78, 5) is 1.14. The highest BCUT2D eigenvalue weighted by Crippen LogP contribution is 2.39. The van der Waals surface area contributed by atoms with Gasteiger partial charge in [0.2, 0.25) is 0 Å². The number of hydrogen-bond donors (Lipinski definition) is 0. The van der Waals surface area contributed by atoms with Crippen LogP contribution < -0.4 is 4.90 Å². The minimum atomic E-state index is -0.870. The Balaban J connectivity index is 1.31. The molecule has 0 bridgehead atoms. The monoisotopic (exact) mass is 666 g/mol. The molecule has 1 heteroatoms. The molecule has 9 aromatic rings. The van der Waals surface area contributed by atoms with Gasteiger partial charge in [-0.2, -0.15) is 0 Å². The van der Waals surface area contributed by atoms with Crippen LogP contribution in [0.1, 0.15) is 23.3 Å². The molecule has 240 valence electrons. The topological polar surface area (TPSA) is 3.24 Å². The first-order valence-corrected chi connectivity index (χ1v) is 16.1. The molecule has 0 atom stereocenters. The van der Waals surface area contributed by atoms with Crippen LogP contribution in [0, 0.1) is 0 Å². The van der Waals surface area contributed by atoms with E-state index in [4.69, 9.17) is 12.3 Å². The normalized spacial score (nSPS) is 15.8. The Kier molecular flexibility index (Phi) is 4.51. The van der Waals surface area contributed by atoms with E-state index in [1.165, 1.54) is 0 Å². The predicted octanol–water partition coefficient (Wildman–Crippen LogP) is 14.1. The van der Waals surface area contributed by atoms with Crippen molar-refractivity contribution in [3.63, 3.8) is 0 Å². The number of anilines is 3. The molecule has 0 saturated heterocycles. The van der Waals surface area contributed by atoms with E-state index in [0.29, 0.717) is 16.5 Å². The lowest BCUT2D eigenvalue weighted by atomic mass is 9.97. The quantitative estimate of drug-likeness (QED) is 0.164. The molecular weight excluding hydrogens is 615 g/mol. The molecule has 0 aliphatic heterocycles. The molecule has 0 unspecified atom stereocenters. The Morgan fingerprint density at radius 3 is 1.55 bits per heavy atom. The molecule has 0 spiro atoms. The fourth-order valence-corrected chi connectivity index (χ4v) is 6.04. The van der Waals surface area contributed by atoms with Gasteiger partial charge in [0.25, 0.3) is 0 Å². The molecule has 9 rings (SSSR count). The Morgan fingerprint density at radius 2 is 0.843 bits per heavy atom. The lowest BCUT2D eigenvalue weighted by Gasteiger charge is -2.26. The molecule has 0 fully saturated rings. The molecule has 0 aromatic heterocycles. The van der Waals surface area contributed by atoms with E-state index in [9.17, 15) is 11.0 Å². The molecule has 0 saturated carbocycles. The first kappa shape index (κ1) is 17.3. The van der Waals surface area contributed by atoms with Crippen molar-refractivity contribution in [3.05, 3.63) is 212 Å². The average Bonchev–Trinajstić information content (AvgIpc) is 3.34. The van der Waals surface area contributed by atoms with E-state index in [-0.39, 0.29) is 11.3 Å². The van der Waals surface area contributed by atoms with E-state index in [1.54, 1.807) is 42.5 Å². The molecule has 0 amide bonds. The van der Waals surface area contributed by atoms with Crippen molar-refractivity contribution in [3.8, 4) is 44.5 Å². The van der Waals surface area contributed by atoms with Crippen LogP contribution in [0.2, 0.25) is 0 Å². The highest BCUT2D eigenvalue weighted by molar-refractivity contribution is 5.97. The van der Waals surface area contributed by atoms with E-state index in [2.05, 4.69) is 0 Å². The van der Waals surface area contributed by atoms with Gasteiger partial charge in [-0.25, -0.2) is 0 Å². The maximum atomic E-state index is 9.56. The SMILES string of the molecule is [2H]c1c([2H])c([2H])c(-c2c([2H])c([2H])c(-c3c([2H])c([2H])c(N(c4cccc(-c5ccc6ccccc6c5)c4)c4c([2H])c([2H])c(-c5cccc6ccccc56)c([2H])c4[2H])c([2H])c3[2H])c([2H])c2[2H])c([2H])c1[2H]. The highest BCUT2D eigenvalue weighted by atomic mass is 15.1. The molecular formula is C50H35N. The van der Waals surface area contributed by atoms with Crippen molar-refractivity contribution < 1.29 is 23.3 Å². The van der Waals surface area contributed by atoms with Crippen LogP contribution in [-0.4, -0.2) is 0 Å². The lowest BCUT2D eigenvalue weighted by Crippen LogP contribution is -2.10. The molecule has 0 heterocycles. The molecule has 9 aromatic carbocycles. The summed E-state index contributed by atoms with van der Waals surface area (Å²) in [5.41, 5.74) is -1.50. The minimum absolute atomic E-state index is 0.00396. The summed E-state index contributed by atoms with van der Waals surface area (Å²) in [5, 5.41) is 3.39. The summed E-state index contributed by atoms with van der Waals surface area (Å²) in [7, 11) is 0. The fourth-order valence-electron chi connectivity index (χ4n) is 6.04. The molecule has 0 aliphatic rings. The summed E-state index contributed by atoms with van der Waals surface area (Å²) in [6.07, 6.45) is 0. The van der Waals surface area contributed by atoms with Crippen molar-refractivity contribution in [2.45, 2.75) is 0 Å². The Hall–Kier alpha value is -6.70. The molecule has 0 aliphatic carbocycles. The van der Waals surface area contributed by atoms with Gasteiger partial charge in [-0.1, -0.05) is 170 Å². The van der Waals surface area contributed by atoms with Gasteiger partial charge in [0, 0.05) is 17.1 Å². The second-order valence-corrected chi connectivity index (χ2v) is 11.7. The van der Waals surface area contributed by atoms with Gasteiger partial charge in [0.15, 0.2) is 0 Å². The fraction of sp³-hybridized carbons (Fsp3) is 0. The molecule has 1 nitrogen and oxygen atoms in total. The van der Waals surface area contributed by atoms with Gasteiger partial charge < -0.3 is 4.90 Å². The van der Waals surface area contributed by atoms with Crippen LogP contribution in [0.15, 0.2) is 212 Å². The largest absolute Gasteiger partial charge is 0.310 e.